The Morgan fingerprint density at radius 2 is 2.14 bits per heavy atom. The van der Waals surface area contributed by atoms with Crippen molar-refractivity contribution in [2.45, 2.75) is 63.7 Å². The topological polar surface area (TPSA) is 67.8 Å². The van der Waals surface area contributed by atoms with Crippen molar-refractivity contribution in [1.29, 1.82) is 0 Å². The van der Waals surface area contributed by atoms with E-state index < -0.39 is 0 Å². The molecule has 1 aliphatic heterocycles. The molecule has 3 rings (SSSR count). The molecule has 1 heterocycles. The first-order chi connectivity index (χ1) is 10.8. The summed E-state index contributed by atoms with van der Waals surface area (Å²) in [4.78, 5) is 12.3. The van der Waals surface area contributed by atoms with Crippen LogP contribution in [0.5, 0.6) is 0 Å². The number of unbranched alkanes of at least 4 members (excludes halogenated alkanes) is 1. The van der Waals surface area contributed by atoms with E-state index >= 15 is 0 Å². The summed E-state index contributed by atoms with van der Waals surface area (Å²) in [5, 5.41) is 11.8. The van der Waals surface area contributed by atoms with Crippen LogP contribution in [0.1, 0.15) is 51.4 Å². The molecule has 0 unspecified atom stereocenters. The van der Waals surface area contributed by atoms with Gasteiger partial charge in [0.25, 0.3) is 5.91 Å². The molecule has 5 nitrogen and oxygen atoms in total. The molecular weight excluding hydrogens is 282 g/mol. The summed E-state index contributed by atoms with van der Waals surface area (Å²) in [6.07, 6.45) is 10.0. The zero-order valence-corrected chi connectivity index (χ0v) is 13.1. The van der Waals surface area contributed by atoms with Crippen LogP contribution in [0, 0.1) is 11.8 Å². The molecule has 0 aromatic heterocycles. The predicted octanol–water partition coefficient (Wildman–Crippen LogP) is 2.10. The number of carbonyl (C=O) groups excluding carboxylic acids is 1. The Hall–Kier alpha value is -1.07. The summed E-state index contributed by atoms with van der Waals surface area (Å²) in [5.74, 6) is 1.43. The van der Waals surface area contributed by atoms with Gasteiger partial charge in [0.1, 0.15) is 0 Å². The fourth-order valence-electron chi connectivity index (χ4n) is 3.05. The van der Waals surface area contributed by atoms with Gasteiger partial charge in [-0.15, -0.1) is 0 Å². The SMILES string of the molecule is O=C(NC1CC1)C1=C[C@@H](C2CCC2)C[C@@H](OCCCCO)O1. The lowest BCUT2D eigenvalue weighted by Gasteiger charge is -2.37. The quantitative estimate of drug-likeness (QED) is 0.674. The lowest BCUT2D eigenvalue weighted by molar-refractivity contribution is -0.152. The molecule has 0 spiro atoms. The highest BCUT2D eigenvalue weighted by Gasteiger charge is 2.35. The molecule has 3 aliphatic rings. The third kappa shape index (κ3) is 4.23. The number of hydrogen-bond donors (Lipinski definition) is 2. The van der Waals surface area contributed by atoms with Crippen LogP contribution < -0.4 is 5.32 Å². The Labute approximate surface area is 132 Å². The van der Waals surface area contributed by atoms with E-state index in [9.17, 15) is 4.79 Å². The average molecular weight is 309 g/mol. The van der Waals surface area contributed by atoms with Crippen LogP contribution in [-0.4, -0.2) is 36.6 Å². The van der Waals surface area contributed by atoms with Gasteiger partial charge in [-0.3, -0.25) is 4.79 Å². The molecule has 2 N–H and O–H groups in total. The average Bonchev–Trinajstić information content (AvgIpc) is 3.25. The first kappa shape index (κ1) is 15.8. The third-order valence-electron chi connectivity index (χ3n) is 4.84. The molecule has 2 atom stereocenters. The number of allylic oxidation sites excluding steroid dienone is 1. The second-order valence-corrected chi connectivity index (χ2v) is 6.72. The van der Waals surface area contributed by atoms with E-state index in [-0.39, 0.29) is 18.8 Å². The summed E-state index contributed by atoms with van der Waals surface area (Å²) in [6, 6.07) is 0.338. The largest absolute Gasteiger partial charge is 0.459 e. The lowest BCUT2D eigenvalue weighted by Crippen LogP contribution is -2.37. The van der Waals surface area contributed by atoms with E-state index in [4.69, 9.17) is 14.6 Å². The maximum Gasteiger partial charge on any atom is 0.286 e. The van der Waals surface area contributed by atoms with Crippen molar-refractivity contribution < 1.29 is 19.4 Å². The minimum Gasteiger partial charge on any atom is -0.459 e. The number of amides is 1. The Balaban J connectivity index is 1.56. The normalized spacial score (nSPS) is 28.5. The molecule has 2 saturated carbocycles. The van der Waals surface area contributed by atoms with Crippen LogP contribution in [0.15, 0.2) is 11.8 Å². The van der Waals surface area contributed by atoms with E-state index in [0.29, 0.717) is 30.2 Å². The molecule has 0 aromatic carbocycles. The molecule has 0 aromatic rings. The first-order valence-corrected chi connectivity index (χ1v) is 8.68. The van der Waals surface area contributed by atoms with Crippen LogP contribution in [-0.2, 0) is 14.3 Å². The second kappa shape index (κ2) is 7.47. The van der Waals surface area contributed by atoms with E-state index in [1.165, 1.54) is 19.3 Å². The van der Waals surface area contributed by atoms with Crippen molar-refractivity contribution in [3.63, 3.8) is 0 Å². The van der Waals surface area contributed by atoms with Gasteiger partial charge < -0.3 is 19.9 Å². The highest BCUT2D eigenvalue weighted by molar-refractivity contribution is 5.92. The molecule has 5 heteroatoms. The zero-order chi connectivity index (χ0) is 15.4. The standard InChI is InChI=1S/C17H27NO4/c19-8-1-2-9-21-16-11-13(12-4-3-5-12)10-15(22-16)17(20)18-14-6-7-14/h10,12-14,16,19H,1-9,11H2,(H,18,20)/t13-,16+/m1/s1. The maximum absolute atomic E-state index is 12.3. The number of rotatable bonds is 8. The van der Waals surface area contributed by atoms with Crippen molar-refractivity contribution in [1.82, 2.24) is 5.32 Å². The maximum atomic E-state index is 12.3. The number of carbonyl (C=O) groups is 1. The number of ether oxygens (including phenoxy) is 2. The Morgan fingerprint density at radius 3 is 2.77 bits per heavy atom. The van der Waals surface area contributed by atoms with E-state index in [1.54, 1.807) is 0 Å². The van der Waals surface area contributed by atoms with Crippen molar-refractivity contribution in [2.75, 3.05) is 13.2 Å². The van der Waals surface area contributed by atoms with Crippen molar-refractivity contribution in [2.24, 2.45) is 11.8 Å². The van der Waals surface area contributed by atoms with Gasteiger partial charge in [0, 0.05) is 19.1 Å². The van der Waals surface area contributed by atoms with Gasteiger partial charge in [-0.05, 0) is 56.4 Å². The number of hydrogen-bond acceptors (Lipinski definition) is 4. The monoisotopic (exact) mass is 309 g/mol. The van der Waals surface area contributed by atoms with Gasteiger partial charge in [-0.2, -0.15) is 0 Å². The van der Waals surface area contributed by atoms with Crippen molar-refractivity contribution in [3.05, 3.63) is 11.8 Å². The van der Waals surface area contributed by atoms with Crippen LogP contribution in [0.4, 0.5) is 0 Å². The second-order valence-electron chi connectivity index (χ2n) is 6.72. The highest BCUT2D eigenvalue weighted by atomic mass is 16.7. The van der Waals surface area contributed by atoms with Crippen LogP contribution in [0.3, 0.4) is 0 Å². The van der Waals surface area contributed by atoms with Gasteiger partial charge in [0.15, 0.2) is 5.76 Å². The van der Waals surface area contributed by atoms with Gasteiger partial charge in [-0.1, -0.05) is 6.42 Å². The Kier molecular flexibility index (Phi) is 5.37. The Bertz CT molecular complexity index is 415. The van der Waals surface area contributed by atoms with Gasteiger partial charge in [0.2, 0.25) is 6.29 Å². The van der Waals surface area contributed by atoms with E-state index in [2.05, 4.69) is 5.32 Å². The molecule has 22 heavy (non-hydrogen) atoms. The molecule has 124 valence electrons. The van der Waals surface area contributed by atoms with E-state index in [1.807, 2.05) is 6.08 Å². The Morgan fingerprint density at radius 1 is 1.32 bits per heavy atom. The summed E-state index contributed by atoms with van der Waals surface area (Å²) in [5.41, 5.74) is 0. The summed E-state index contributed by atoms with van der Waals surface area (Å²) in [7, 11) is 0. The van der Waals surface area contributed by atoms with Crippen LogP contribution in [0.2, 0.25) is 0 Å². The fourth-order valence-corrected chi connectivity index (χ4v) is 3.05. The number of aliphatic hydroxyl groups is 1. The van der Waals surface area contributed by atoms with Crippen LogP contribution >= 0.6 is 0 Å². The molecule has 0 bridgehead atoms. The minimum atomic E-state index is -0.325. The summed E-state index contributed by atoms with van der Waals surface area (Å²) >= 11 is 0. The van der Waals surface area contributed by atoms with Crippen molar-refractivity contribution in [3.8, 4) is 0 Å². The minimum absolute atomic E-state index is 0.0875. The number of aliphatic hydroxyl groups excluding tert-OH is 1. The summed E-state index contributed by atoms with van der Waals surface area (Å²) < 4.78 is 11.6. The molecule has 1 amide bonds. The van der Waals surface area contributed by atoms with Gasteiger partial charge in [-0.25, -0.2) is 0 Å². The molecule has 0 radical (unpaired) electrons. The summed E-state index contributed by atoms with van der Waals surface area (Å²) in [6.45, 7) is 0.759. The molecule has 2 aliphatic carbocycles. The predicted molar refractivity (Wildman–Crippen MR) is 81.8 cm³/mol. The number of nitrogens with one attached hydrogen (secondary N) is 1. The lowest BCUT2D eigenvalue weighted by atomic mass is 9.73. The van der Waals surface area contributed by atoms with E-state index in [0.717, 1.165) is 32.1 Å². The highest BCUT2D eigenvalue weighted by Crippen LogP contribution is 2.40. The molecule has 0 saturated heterocycles. The smallest absolute Gasteiger partial charge is 0.286 e. The fraction of sp³-hybridized carbons (Fsp3) is 0.824. The molecular formula is C17H27NO4. The zero-order valence-electron chi connectivity index (χ0n) is 13.1. The van der Waals surface area contributed by atoms with Crippen LogP contribution in [0.25, 0.3) is 0 Å². The van der Waals surface area contributed by atoms with Gasteiger partial charge >= 0.3 is 0 Å². The third-order valence-corrected chi connectivity index (χ3v) is 4.84. The van der Waals surface area contributed by atoms with Gasteiger partial charge in [0.05, 0.1) is 6.61 Å². The van der Waals surface area contributed by atoms with Crippen molar-refractivity contribution >= 4 is 5.91 Å². The molecule has 2 fully saturated rings. The first-order valence-electron chi connectivity index (χ1n) is 8.68.